The lowest BCUT2D eigenvalue weighted by Gasteiger charge is -2.15. The molecule has 4 rings (SSSR count). The fourth-order valence-electron chi connectivity index (χ4n) is 4.09. The van der Waals surface area contributed by atoms with Gasteiger partial charge in [-0.2, -0.15) is 0 Å². The Bertz CT molecular complexity index is 1190. The van der Waals surface area contributed by atoms with Crippen LogP contribution in [0.4, 0.5) is 10.5 Å². The van der Waals surface area contributed by atoms with Crippen LogP contribution in [0.2, 0.25) is 0 Å². The van der Waals surface area contributed by atoms with Crippen LogP contribution in [-0.2, 0) is 25.6 Å². The van der Waals surface area contributed by atoms with Crippen LogP contribution in [0.3, 0.4) is 0 Å². The van der Waals surface area contributed by atoms with Gasteiger partial charge in [-0.3, -0.25) is 5.32 Å². The summed E-state index contributed by atoms with van der Waals surface area (Å²) >= 11 is 0. The number of carbonyl (C=O) groups is 3. The van der Waals surface area contributed by atoms with E-state index in [0.29, 0.717) is 11.3 Å². The number of hydrogen-bond acceptors (Lipinski definition) is 6. The van der Waals surface area contributed by atoms with Crippen LogP contribution in [0.5, 0.6) is 0 Å². The maximum absolute atomic E-state index is 12.6. The molecule has 0 aromatic heterocycles. The smallest absolute Gasteiger partial charge is 0.411 e. The Hall–Kier alpha value is -4.17. The van der Waals surface area contributed by atoms with E-state index in [4.69, 9.17) is 19.3 Å². The summed E-state index contributed by atoms with van der Waals surface area (Å²) in [6.45, 7) is -0.404. The molecular formula is C26H23NO7. The zero-order chi connectivity index (χ0) is 24.1. The Morgan fingerprint density at radius 1 is 0.941 bits per heavy atom. The third kappa shape index (κ3) is 5.07. The molecular weight excluding hydrogens is 438 g/mol. The Morgan fingerprint density at radius 2 is 1.59 bits per heavy atom. The number of carboxylic acid groups (broad SMARTS) is 1. The Morgan fingerprint density at radius 3 is 2.21 bits per heavy atom. The molecule has 3 aromatic rings. The summed E-state index contributed by atoms with van der Waals surface area (Å²) in [6.07, 6.45) is -0.679. The number of anilines is 1. The molecule has 0 aliphatic heterocycles. The average molecular weight is 461 g/mol. The third-order valence-corrected chi connectivity index (χ3v) is 5.50. The predicted molar refractivity (Wildman–Crippen MR) is 124 cm³/mol. The number of rotatable bonds is 8. The van der Waals surface area contributed by atoms with E-state index < -0.39 is 24.6 Å². The van der Waals surface area contributed by atoms with Crippen molar-refractivity contribution in [3.63, 3.8) is 0 Å². The number of esters is 1. The number of methoxy groups -OCH3 is 1. The Kier molecular flexibility index (Phi) is 6.89. The molecule has 0 unspecified atom stereocenters. The quantitative estimate of drug-likeness (QED) is 0.477. The van der Waals surface area contributed by atoms with E-state index in [0.717, 1.165) is 22.3 Å². The van der Waals surface area contributed by atoms with Gasteiger partial charge in [0.2, 0.25) is 0 Å². The summed E-state index contributed by atoms with van der Waals surface area (Å²) < 4.78 is 15.4. The fourth-order valence-corrected chi connectivity index (χ4v) is 4.09. The number of fused-ring (bicyclic) bond motifs is 3. The maximum Gasteiger partial charge on any atom is 0.411 e. The van der Waals surface area contributed by atoms with Crippen molar-refractivity contribution in [1.29, 1.82) is 0 Å². The normalized spacial score (nSPS) is 11.9. The van der Waals surface area contributed by atoms with Gasteiger partial charge in [-0.15, -0.1) is 0 Å². The van der Waals surface area contributed by atoms with Gasteiger partial charge >= 0.3 is 18.0 Å². The van der Waals surface area contributed by atoms with Crippen molar-refractivity contribution in [1.82, 2.24) is 0 Å². The second-order valence-electron chi connectivity index (χ2n) is 7.75. The molecule has 0 heterocycles. The van der Waals surface area contributed by atoms with E-state index in [1.54, 1.807) is 6.07 Å². The van der Waals surface area contributed by atoms with Gasteiger partial charge in [-0.1, -0.05) is 48.5 Å². The number of aliphatic carboxylic acids is 1. The van der Waals surface area contributed by atoms with E-state index in [1.165, 1.54) is 19.2 Å². The van der Waals surface area contributed by atoms with Crippen LogP contribution in [0.25, 0.3) is 11.1 Å². The van der Waals surface area contributed by atoms with Crippen LogP contribution in [0, 0.1) is 0 Å². The van der Waals surface area contributed by atoms with Gasteiger partial charge in [-0.05, 0) is 46.0 Å². The molecule has 0 bridgehead atoms. The lowest BCUT2D eigenvalue weighted by molar-refractivity contribution is -0.142. The van der Waals surface area contributed by atoms with E-state index in [-0.39, 0.29) is 24.7 Å². The first-order valence-corrected chi connectivity index (χ1v) is 10.6. The first-order chi connectivity index (χ1) is 16.5. The Balaban J connectivity index is 1.46. The molecule has 0 atom stereocenters. The van der Waals surface area contributed by atoms with Crippen molar-refractivity contribution >= 4 is 23.7 Å². The van der Waals surface area contributed by atoms with Gasteiger partial charge in [0.1, 0.15) is 13.2 Å². The minimum absolute atomic E-state index is 0.0590. The molecule has 0 saturated carbocycles. The largest absolute Gasteiger partial charge is 0.480 e. The molecule has 8 nitrogen and oxygen atoms in total. The summed E-state index contributed by atoms with van der Waals surface area (Å²) in [5.74, 6) is -1.80. The van der Waals surface area contributed by atoms with Crippen molar-refractivity contribution in [2.24, 2.45) is 0 Å². The molecule has 0 saturated heterocycles. The van der Waals surface area contributed by atoms with Gasteiger partial charge in [0.05, 0.1) is 19.3 Å². The lowest BCUT2D eigenvalue weighted by atomic mass is 9.98. The number of benzene rings is 3. The van der Waals surface area contributed by atoms with Crippen LogP contribution >= 0.6 is 0 Å². The van der Waals surface area contributed by atoms with E-state index >= 15 is 0 Å². The molecule has 8 heteroatoms. The van der Waals surface area contributed by atoms with Gasteiger partial charge in [-0.25, -0.2) is 14.4 Å². The van der Waals surface area contributed by atoms with Crippen LogP contribution in [0.1, 0.15) is 33.0 Å². The van der Waals surface area contributed by atoms with E-state index in [2.05, 4.69) is 17.4 Å². The highest BCUT2D eigenvalue weighted by Crippen LogP contribution is 2.44. The Labute approximate surface area is 196 Å². The highest BCUT2D eigenvalue weighted by atomic mass is 16.5. The number of nitrogens with one attached hydrogen (secondary N) is 1. The molecule has 34 heavy (non-hydrogen) atoms. The van der Waals surface area contributed by atoms with Crippen molar-refractivity contribution < 1.29 is 33.7 Å². The van der Waals surface area contributed by atoms with Crippen LogP contribution < -0.4 is 5.32 Å². The summed E-state index contributed by atoms with van der Waals surface area (Å²) in [7, 11) is 1.24. The molecule has 0 radical (unpaired) electrons. The molecule has 1 amide bonds. The number of amides is 1. The minimum atomic E-state index is -1.11. The number of carbonyl (C=O) groups excluding carboxylic acids is 2. The first-order valence-electron chi connectivity index (χ1n) is 10.6. The highest BCUT2D eigenvalue weighted by Gasteiger charge is 2.29. The van der Waals surface area contributed by atoms with Crippen molar-refractivity contribution in [2.45, 2.75) is 12.5 Å². The van der Waals surface area contributed by atoms with Crippen molar-refractivity contribution in [3.05, 3.63) is 89.0 Å². The van der Waals surface area contributed by atoms with E-state index in [1.807, 2.05) is 36.4 Å². The third-order valence-electron chi connectivity index (χ3n) is 5.50. The van der Waals surface area contributed by atoms with E-state index in [9.17, 15) is 14.4 Å². The van der Waals surface area contributed by atoms with Crippen molar-refractivity contribution in [3.8, 4) is 11.1 Å². The molecule has 0 fully saturated rings. The number of carboxylic acids is 1. The summed E-state index contributed by atoms with van der Waals surface area (Å²) in [4.78, 5) is 35.3. The SMILES string of the molecule is COC(=O)c1cc(COCC(=O)O)cc(NC(=O)OCC2c3ccccc3-c3ccccc32)c1. The highest BCUT2D eigenvalue weighted by molar-refractivity contribution is 5.93. The summed E-state index contributed by atoms with van der Waals surface area (Å²) in [5.41, 5.74) is 5.44. The van der Waals surface area contributed by atoms with Crippen LogP contribution in [0.15, 0.2) is 66.7 Å². The van der Waals surface area contributed by atoms with Gasteiger partial charge in [0, 0.05) is 11.6 Å². The standard InChI is InChI=1S/C26H23NO7/c1-32-25(30)17-10-16(13-33-15-24(28)29)11-18(12-17)27-26(31)34-14-23-21-8-4-2-6-19(21)20-7-3-5-9-22(20)23/h2-12,23H,13-15H2,1H3,(H,27,31)(H,28,29). The predicted octanol–water partition coefficient (Wildman–Crippen LogP) is 4.44. The molecule has 2 N–H and O–H groups in total. The number of ether oxygens (including phenoxy) is 3. The topological polar surface area (TPSA) is 111 Å². The van der Waals surface area contributed by atoms with Gasteiger partial charge in [0.25, 0.3) is 0 Å². The van der Waals surface area contributed by atoms with Gasteiger partial charge in [0.15, 0.2) is 0 Å². The summed E-state index contributed by atoms with van der Waals surface area (Å²) in [6, 6.07) is 20.6. The second kappa shape index (κ2) is 10.2. The number of hydrogen-bond donors (Lipinski definition) is 2. The molecule has 0 spiro atoms. The monoisotopic (exact) mass is 461 g/mol. The fraction of sp³-hybridized carbons (Fsp3) is 0.192. The maximum atomic E-state index is 12.6. The second-order valence-corrected chi connectivity index (χ2v) is 7.75. The molecule has 1 aliphatic carbocycles. The summed E-state index contributed by atoms with van der Waals surface area (Å²) in [5, 5.41) is 11.4. The first kappa shape index (κ1) is 23.0. The zero-order valence-corrected chi connectivity index (χ0v) is 18.4. The minimum Gasteiger partial charge on any atom is -0.480 e. The average Bonchev–Trinajstić information content (AvgIpc) is 3.15. The van der Waals surface area contributed by atoms with Crippen LogP contribution in [-0.4, -0.2) is 43.5 Å². The lowest BCUT2D eigenvalue weighted by Crippen LogP contribution is -2.18. The van der Waals surface area contributed by atoms with Gasteiger partial charge < -0.3 is 19.3 Å². The molecule has 174 valence electrons. The zero-order valence-electron chi connectivity index (χ0n) is 18.4. The molecule has 3 aromatic carbocycles. The molecule has 1 aliphatic rings. The van der Waals surface area contributed by atoms with Crippen molar-refractivity contribution in [2.75, 3.05) is 25.6 Å².